The molecule has 0 spiro atoms. The summed E-state index contributed by atoms with van der Waals surface area (Å²) >= 11 is 1.67. The van der Waals surface area contributed by atoms with Crippen LogP contribution in [0, 0.1) is 5.82 Å². The average Bonchev–Trinajstić information content (AvgIpc) is 3.38. The number of hydrogen-bond acceptors (Lipinski definition) is 6. The van der Waals surface area contributed by atoms with Crippen molar-refractivity contribution in [3.05, 3.63) is 69.9 Å². The Morgan fingerprint density at radius 1 is 1.19 bits per heavy atom. The first-order chi connectivity index (χ1) is 15.1. The van der Waals surface area contributed by atoms with Crippen LogP contribution in [0.4, 0.5) is 4.39 Å². The standard InChI is InChI=1S/C22H19FN4O3S/c23-16-9-7-14(8-10-16)20-25-27(22(29)30-20)13-19(28)26-11-3-4-15(12-26)21-24-17-5-1-2-6-18(17)31-21/h1-2,5-10,15H,3-4,11-13H2. The Morgan fingerprint density at radius 3 is 2.81 bits per heavy atom. The van der Waals surface area contributed by atoms with Gasteiger partial charge in [-0.2, -0.15) is 4.68 Å². The molecule has 7 nitrogen and oxygen atoms in total. The van der Waals surface area contributed by atoms with Gasteiger partial charge in [-0.25, -0.2) is 14.2 Å². The molecule has 2 aromatic carbocycles. The minimum Gasteiger partial charge on any atom is -0.388 e. The first-order valence-corrected chi connectivity index (χ1v) is 10.9. The van der Waals surface area contributed by atoms with Crippen LogP contribution >= 0.6 is 11.3 Å². The van der Waals surface area contributed by atoms with Crippen LogP contribution in [-0.4, -0.2) is 38.7 Å². The summed E-state index contributed by atoms with van der Waals surface area (Å²) in [5, 5.41) is 5.15. The molecule has 1 aliphatic rings. The summed E-state index contributed by atoms with van der Waals surface area (Å²) in [6, 6.07) is 13.5. The fourth-order valence-electron chi connectivity index (χ4n) is 3.81. The molecular formula is C22H19FN4O3S. The largest absolute Gasteiger partial charge is 0.437 e. The van der Waals surface area contributed by atoms with Gasteiger partial charge in [0.05, 0.1) is 15.2 Å². The van der Waals surface area contributed by atoms with E-state index in [0.29, 0.717) is 18.7 Å². The number of carbonyl (C=O) groups is 1. The molecule has 3 heterocycles. The number of piperidine rings is 1. The van der Waals surface area contributed by atoms with Crippen LogP contribution in [0.3, 0.4) is 0 Å². The zero-order valence-electron chi connectivity index (χ0n) is 16.5. The highest BCUT2D eigenvalue weighted by Crippen LogP contribution is 2.33. The Labute approximate surface area is 180 Å². The number of hydrogen-bond donors (Lipinski definition) is 0. The molecule has 2 aromatic heterocycles. The maximum atomic E-state index is 13.1. The van der Waals surface area contributed by atoms with Crippen LogP contribution in [-0.2, 0) is 11.3 Å². The maximum absolute atomic E-state index is 13.1. The maximum Gasteiger partial charge on any atom is 0.437 e. The van der Waals surface area contributed by atoms with Gasteiger partial charge in [0.15, 0.2) is 0 Å². The predicted octanol–water partition coefficient (Wildman–Crippen LogP) is 3.66. The third-order valence-corrected chi connectivity index (χ3v) is 6.62. The van der Waals surface area contributed by atoms with Crippen LogP contribution in [0.1, 0.15) is 23.8 Å². The highest BCUT2D eigenvalue weighted by Gasteiger charge is 2.27. The fraction of sp³-hybridized carbons (Fsp3) is 0.273. The topological polar surface area (TPSA) is 81.2 Å². The van der Waals surface area contributed by atoms with E-state index in [0.717, 1.165) is 32.7 Å². The summed E-state index contributed by atoms with van der Waals surface area (Å²) < 4.78 is 20.4. The van der Waals surface area contributed by atoms with Gasteiger partial charge in [0.25, 0.3) is 0 Å². The number of nitrogens with zero attached hydrogens (tertiary/aromatic N) is 4. The van der Waals surface area contributed by atoms with Gasteiger partial charge >= 0.3 is 5.76 Å². The summed E-state index contributed by atoms with van der Waals surface area (Å²) in [5.41, 5.74) is 1.45. The highest BCUT2D eigenvalue weighted by atomic mass is 32.1. The van der Waals surface area contributed by atoms with E-state index >= 15 is 0 Å². The molecule has 9 heteroatoms. The second-order valence-electron chi connectivity index (χ2n) is 7.54. The minimum absolute atomic E-state index is 0.0591. The third kappa shape index (κ3) is 4.00. The van der Waals surface area contributed by atoms with Gasteiger partial charge in [0.2, 0.25) is 11.8 Å². The summed E-state index contributed by atoms with van der Waals surface area (Å²) in [6.45, 7) is 1.00. The average molecular weight is 438 g/mol. The number of thiazole rings is 1. The highest BCUT2D eigenvalue weighted by molar-refractivity contribution is 7.18. The molecule has 1 fully saturated rings. The first kappa shape index (κ1) is 19.6. The molecule has 0 aliphatic carbocycles. The molecule has 1 amide bonds. The second-order valence-corrected chi connectivity index (χ2v) is 8.60. The van der Waals surface area contributed by atoms with Gasteiger partial charge in [-0.05, 0) is 49.2 Å². The molecule has 1 unspecified atom stereocenters. The summed E-state index contributed by atoms with van der Waals surface area (Å²) in [6.07, 6.45) is 1.85. The number of carbonyl (C=O) groups excluding carboxylic acids is 1. The molecule has 0 saturated carbocycles. The van der Waals surface area contributed by atoms with Gasteiger partial charge in [-0.1, -0.05) is 12.1 Å². The number of fused-ring (bicyclic) bond motifs is 1. The monoisotopic (exact) mass is 438 g/mol. The van der Waals surface area contributed by atoms with Crippen molar-refractivity contribution in [1.29, 1.82) is 0 Å². The number of benzene rings is 2. The number of halogens is 1. The molecule has 158 valence electrons. The Bertz CT molecular complexity index is 1260. The van der Waals surface area contributed by atoms with Crippen molar-refractivity contribution in [3.8, 4) is 11.5 Å². The normalized spacial score (nSPS) is 16.7. The summed E-state index contributed by atoms with van der Waals surface area (Å²) in [7, 11) is 0. The second kappa shape index (κ2) is 8.07. The lowest BCUT2D eigenvalue weighted by atomic mass is 9.98. The predicted molar refractivity (Wildman–Crippen MR) is 114 cm³/mol. The van der Waals surface area contributed by atoms with Crippen molar-refractivity contribution in [3.63, 3.8) is 0 Å². The van der Waals surface area contributed by atoms with Crippen molar-refractivity contribution >= 4 is 27.5 Å². The Kier molecular flexibility index (Phi) is 5.11. The Hall–Kier alpha value is -3.33. The van der Waals surface area contributed by atoms with E-state index in [1.54, 1.807) is 16.2 Å². The van der Waals surface area contributed by atoms with E-state index in [1.807, 2.05) is 18.2 Å². The third-order valence-electron chi connectivity index (χ3n) is 5.42. The summed E-state index contributed by atoms with van der Waals surface area (Å²) in [4.78, 5) is 31.5. The van der Waals surface area contributed by atoms with Crippen molar-refractivity contribution in [1.82, 2.24) is 19.7 Å². The van der Waals surface area contributed by atoms with E-state index in [1.165, 1.54) is 24.3 Å². The number of amides is 1. The minimum atomic E-state index is -0.715. The van der Waals surface area contributed by atoms with Gasteiger partial charge < -0.3 is 9.32 Å². The van der Waals surface area contributed by atoms with Crippen LogP contribution in [0.2, 0.25) is 0 Å². The quantitative estimate of drug-likeness (QED) is 0.486. The van der Waals surface area contributed by atoms with Gasteiger partial charge in [0.1, 0.15) is 12.4 Å². The molecule has 5 rings (SSSR count). The first-order valence-electron chi connectivity index (χ1n) is 10.0. The van der Waals surface area contributed by atoms with Gasteiger partial charge in [-0.3, -0.25) is 4.79 Å². The Balaban J connectivity index is 1.30. The Morgan fingerprint density at radius 2 is 2.00 bits per heavy atom. The number of likely N-dealkylation sites (tertiary alicyclic amines) is 1. The molecular weight excluding hydrogens is 419 g/mol. The molecule has 1 atom stereocenters. The zero-order valence-corrected chi connectivity index (χ0v) is 17.3. The van der Waals surface area contributed by atoms with Crippen LogP contribution in [0.15, 0.2) is 57.7 Å². The van der Waals surface area contributed by atoms with Gasteiger partial charge in [0, 0.05) is 24.6 Å². The van der Waals surface area contributed by atoms with Crippen molar-refractivity contribution < 1.29 is 13.6 Å². The molecule has 0 bridgehead atoms. The van der Waals surface area contributed by atoms with Crippen LogP contribution < -0.4 is 5.76 Å². The molecule has 1 aliphatic heterocycles. The van der Waals surface area contributed by atoms with Gasteiger partial charge in [-0.15, -0.1) is 16.4 Å². The lowest BCUT2D eigenvalue weighted by Gasteiger charge is -2.31. The smallest absolute Gasteiger partial charge is 0.388 e. The molecule has 4 aromatic rings. The molecule has 0 radical (unpaired) electrons. The number of aromatic nitrogens is 3. The SMILES string of the molecule is O=C(Cn1nc(-c2ccc(F)cc2)oc1=O)N1CCCC(c2nc3ccccc3s2)C1. The molecule has 1 saturated heterocycles. The fourth-order valence-corrected chi connectivity index (χ4v) is 4.91. The van der Waals surface area contributed by atoms with Crippen LogP contribution in [0.25, 0.3) is 21.7 Å². The van der Waals surface area contributed by atoms with Crippen LogP contribution in [0.5, 0.6) is 0 Å². The molecule has 0 N–H and O–H groups in total. The van der Waals surface area contributed by atoms with E-state index in [9.17, 15) is 14.0 Å². The lowest BCUT2D eigenvalue weighted by Crippen LogP contribution is -2.42. The zero-order chi connectivity index (χ0) is 21.4. The van der Waals surface area contributed by atoms with E-state index < -0.39 is 11.6 Å². The van der Waals surface area contributed by atoms with E-state index in [4.69, 9.17) is 9.40 Å². The van der Waals surface area contributed by atoms with Crippen molar-refractivity contribution in [2.24, 2.45) is 0 Å². The number of para-hydroxylation sites is 1. The number of rotatable bonds is 4. The van der Waals surface area contributed by atoms with E-state index in [-0.39, 0.29) is 24.3 Å². The lowest BCUT2D eigenvalue weighted by molar-refractivity contribution is -0.133. The molecule has 31 heavy (non-hydrogen) atoms. The van der Waals surface area contributed by atoms with Crippen molar-refractivity contribution in [2.45, 2.75) is 25.3 Å². The summed E-state index contributed by atoms with van der Waals surface area (Å²) in [5.74, 6) is -1.06. The van der Waals surface area contributed by atoms with Crippen molar-refractivity contribution in [2.75, 3.05) is 13.1 Å². The van der Waals surface area contributed by atoms with E-state index in [2.05, 4.69) is 11.2 Å².